The third-order valence-electron chi connectivity index (χ3n) is 2.17. The number of aromatic nitrogens is 1. The van der Waals surface area contributed by atoms with Crippen LogP contribution in [0.1, 0.15) is 5.56 Å². The topological polar surface area (TPSA) is 62.7 Å². The van der Waals surface area contributed by atoms with Crippen molar-refractivity contribution in [2.75, 3.05) is 26.1 Å². The van der Waals surface area contributed by atoms with E-state index < -0.39 is 12.1 Å². The third kappa shape index (κ3) is 3.20. The van der Waals surface area contributed by atoms with Crippen LogP contribution < -0.4 is 4.90 Å². The van der Waals surface area contributed by atoms with Gasteiger partial charge in [-0.2, -0.15) is 0 Å². The molecule has 0 spiro atoms. The Balaban J connectivity index is 2.65. The van der Waals surface area contributed by atoms with Crippen LogP contribution in [0.25, 0.3) is 0 Å². The van der Waals surface area contributed by atoms with E-state index in [-0.39, 0.29) is 6.42 Å². The molecule has 5 nitrogen and oxygen atoms in total. The Hall–Kier alpha value is -1.62. The number of nitrogens with zero attached hydrogens (tertiary/aromatic N) is 2. The molecule has 0 saturated heterocycles. The van der Waals surface area contributed by atoms with Crippen LogP contribution in [-0.4, -0.2) is 43.4 Å². The van der Waals surface area contributed by atoms with Crippen molar-refractivity contribution in [2.45, 2.75) is 12.5 Å². The minimum absolute atomic E-state index is 0.216. The maximum atomic E-state index is 11.0. The summed E-state index contributed by atoms with van der Waals surface area (Å²) in [5, 5.41) is 9.44. The first-order chi connectivity index (χ1) is 7.54. The summed E-state index contributed by atoms with van der Waals surface area (Å²) in [5.74, 6) is 0.202. The first-order valence-corrected chi connectivity index (χ1v) is 4.92. The van der Waals surface area contributed by atoms with Crippen LogP contribution in [0.4, 0.5) is 5.82 Å². The van der Waals surface area contributed by atoms with E-state index in [1.807, 2.05) is 31.1 Å². The van der Waals surface area contributed by atoms with E-state index in [0.29, 0.717) is 0 Å². The first-order valence-electron chi connectivity index (χ1n) is 4.92. The van der Waals surface area contributed by atoms with Crippen molar-refractivity contribution < 1.29 is 14.6 Å². The average Bonchev–Trinajstić information content (AvgIpc) is 2.28. The van der Waals surface area contributed by atoms with E-state index in [1.165, 1.54) is 7.11 Å². The number of hydrogen-bond acceptors (Lipinski definition) is 5. The third-order valence-corrected chi connectivity index (χ3v) is 2.17. The molecule has 0 aliphatic rings. The van der Waals surface area contributed by atoms with Gasteiger partial charge in [0, 0.05) is 26.7 Å². The number of aliphatic hydroxyl groups is 1. The molecular weight excluding hydrogens is 208 g/mol. The molecule has 0 saturated carbocycles. The average molecular weight is 224 g/mol. The molecule has 1 atom stereocenters. The Bertz CT molecular complexity index is 349. The van der Waals surface area contributed by atoms with Gasteiger partial charge in [-0.3, -0.25) is 0 Å². The van der Waals surface area contributed by atoms with Gasteiger partial charge < -0.3 is 14.7 Å². The zero-order valence-electron chi connectivity index (χ0n) is 9.67. The van der Waals surface area contributed by atoms with Gasteiger partial charge in [0.05, 0.1) is 7.11 Å². The minimum Gasteiger partial charge on any atom is -0.467 e. The molecule has 88 valence electrons. The van der Waals surface area contributed by atoms with Crippen LogP contribution in [0.3, 0.4) is 0 Å². The molecule has 0 radical (unpaired) electrons. The van der Waals surface area contributed by atoms with E-state index in [9.17, 15) is 9.90 Å². The van der Waals surface area contributed by atoms with E-state index in [2.05, 4.69) is 9.72 Å². The highest BCUT2D eigenvalue weighted by atomic mass is 16.5. The SMILES string of the molecule is COC(=O)C(O)Cc1ccc(N(C)C)nc1. The lowest BCUT2D eigenvalue weighted by Gasteiger charge is -2.12. The molecule has 16 heavy (non-hydrogen) atoms. The standard InChI is InChI=1S/C11H16N2O3/c1-13(2)10-5-4-8(7-12-10)6-9(14)11(15)16-3/h4-5,7,9,14H,6H2,1-3H3. The highest BCUT2D eigenvalue weighted by Gasteiger charge is 2.15. The van der Waals surface area contributed by atoms with Crippen molar-refractivity contribution in [3.63, 3.8) is 0 Å². The molecular formula is C11H16N2O3. The molecule has 0 fully saturated rings. The second-order valence-corrected chi connectivity index (χ2v) is 3.66. The van der Waals surface area contributed by atoms with Crippen LogP contribution in [-0.2, 0) is 16.0 Å². The summed E-state index contributed by atoms with van der Waals surface area (Å²) in [6.07, 6.45) is 0.728. The maximum Gasteiger partial charge on any atom is 0.335 e. The van der Waals surface area contributed by atoms with Crippen molar-refractivity contribution in [1.82, 2.24) is 4.98 Å². The van der Waals surface area contributed by atoms with Crippen LogP contribution in [0, 0.1) is 0 Å². The fourth-order valence-electron chi connectivity index (χ4n) is 1.24. The summed E-state index contributed by atoms with van der Waals surface area (Å²) in [7, 11) is 5.04. The molecule has 1 N–H and O–H groups in total. The van der Waals surface area contributed by atoms with Gasteiger partial charge in [0.25, 0.3) is 0 Å². The molecule has 5 heteroatoms. The fourth-order valence-corrected chi connectivity index (χ4v) is 1.24. The molecule has 1 aromatic rings. The second kappa shape index (κ2) is 5.46. The lowest BCUT2D eigenvalue weighted by molar-refractivity contribution is -0.150. The number of rotatable bonds is 4. The van der Waals surface area contributed by atoms with E-state index >= 15 is 0 Å². The second-order valence-electron chi connectivity index (χ2n) is 3.66. The maximum absolute atomic E-state index is 11.0. The molecule has 1 aromatic heterocycles. The fraction of sp³-hybridized carbons (Fsp3) is 0.455. The molecule has 1 unspecified atom stereocenters. The van der Waals surface area contributed by atoms with E-state index in [0.717, 1.165) is 11.4 Å². The lowest BCUT2D eigenvalue weighted by atomic mass is 10.1. The molecule has 0 aliphatic carbocycles. The quantitative estimate of drug-likeness (QED) is 0.741. The monoisotopic (exact) mass is 224 g/mol. The molecule has 1 rings (SSSR count). The number of ether oxygens (including phenoxy) is 1. The molecule has 1 heterocycles. The highest BCUT2D eigenvalue weighted by Crippen LogP contribution is 2.09. The number of aliphatic hydroxyl groups excluding tert-OH is 1. The molecule has 0 aliphatic heterocycles. The zero-order valence-corrected chi connectivity index (χ0v) is 9.67. The number of carbonyl (C=O) groups is 1. The number of pyridine rings is 1. The predicted molar refractivity (Wildman–Crippen MR) is 60.3 cm³/mol. The van der Waals surface area contributed by atoms with Gasteiger partial charge in [0.15, 0.2) is 6.10 Å². The smallest absolute Gasteiger partial charge is 0.335 e. The Morgan fingerprint density at radius 3 is 2.69 bits per heavy atom. The highest BCUT2D eigenvalue weighted by molar-refractivity contribution is 5.74. The number of carbonyl (C=O) groups excluding carboxylic acids is 1. The van der Waals surface area contributed by atoms with Gasteiger partial charge >= 0.3 is 5.97 Å². The summed E-state index contributed by atoms with van der Waals surface area (Å²) in [6.45, 7) is 0. The van der Waals surface area contributed by atoms with Crippen molar-refractivity contribution in [1.29, 1.82) is 0 Å². The minimum atomic E-state index is -1.13. The summed E-state index contributed by atoms with van der Waals surface area (Å²) in [4.78, 5) is 17.0. The number of hydrogen-bond donors (Lipinski definition) is 1. The van der Waals surface area contributed by atoms with E-state index in [4.69, 9.17) is 0 Å². The Morgan fingerprint density at radius 2 is 2.25 bits per heavy atom. The molecule has 0 aromatic carbocycles. The largest absolute Gasteiger partial charge is 0.467 e. The van der Waals surface area contributed by atoms with Gasteiger partial charge in [-0.25, -0.2) is 9.78 Å². The Morgan fingerprint density at radius 1 is 1.56 bits per heavy atom. The summed E-state index contributed by atoms with van der Waals surface area (Å²) in [6, 6.07) is 3.66. The first kappa shape index (κ1) is 12.4. The van der Waals surface area contributed by atoms with Crippen LogP contribution in [0.5, 0.6) is 0 Å². The summed E-state index contributed by atoms with van der Waals surface area (Å²) >= 11 is 0. The lowest BCUT2D eigenvalue weighted by Crippen LogP contribution is -2.24. The van der Waals surface area contributed by atoms with Gasteiger partial charge in [-0.15, -0.1) is 0 Å². The van der Waals surface area contributed by atoms with Crippen LogP contribution >= 0.6 is 0 Å². The predicted octanol–water partition coefficient (Wildman–Crippen LogP) is 0.224. The Kier molecular flexibility index (Phi) is 4.25. The zero-order chi connectivity index (χ0) is 12.1. The van der Waals surface area contributed by atoms with Crippen molar-refractivity contribution in [3.05, 3.63) is 23.9 Å². The summed E-state index contributed by atoms with van der Waals surface area (Å²) in [5.41, 5.74) is 0.795. The van der Waals surface area contributed by atoms with Crippen molar-refractivity contribution in [2.24, 2.45) is 0 Å². The van der Waals surface area contributed by atoms with Crippen LogP contribution in [0.15, 0.2) is 18.3 Å². The van der Waals surface area contributed by atoms with Crippen molar-refractivity contribution in [3.8, 4) is 0 Å². The van der Waals surface area contributed by atoms with Gasteiger partial charge in [-0.1, -0.05) is 6.07 Å². The number of anilines is 1. The summed E-state index contributed by atoms with van der Waals surface area (Å²) < 4.78 is 4.43. The number of esters is 1. The van der Waals surface area contributed by atoms with Gasteiger partial charge in [-0.05, 0) is 11.6 Å². The normalized spacial score (nSPS) is 12.0. The molecule has 0 bridgehead atoms. The Labute approximate surface area is 94.7 Å². The van der Waals surface area contributed by atoms with Gasteiger partial charge in [0.2, 0.25) is 0 Å². The number of methoxy groups -OCH3 is 1. The van der Waals surface area contributed by atoms with E-state index in [1.54, 1.807) is 6.20 Å². The molecule has 0 amide bonds. The van der Waals surface area contributed by atoms with Crippen molar-refractivity contribution >= 4 is 11.8 Å². The van der Waals surface area contributed by atoms with Crippen LogP contribution in [0.2, 0.25) is 0 Å². The van der Waals surface area contributed by atoms with Gasteiger partial charge in [0.1, 0.15) is 5.82 Å².